The molecule has 1 heterocycles. The molecule has 0 N–H and O–H groups in total. The Kier molecular flexibility index (Phi) is 13.5. The highest BCUT2D eigenvalue weighted by molar-refractivity contribution is 5.72. The highest BCUT2D eigenvalue weighted by Crippen LogP contribution is 2.26. The third-order valence-electron chi connectivity index (χ3n) is 7.16. The molecular formula is C41H47N. The number of hydrogen-bond acceptors (Lipinski definition) is 1. The van der Waals surface area contributed by atoms with E-state index in [1.165, 1.54) is 60.8 Å². The maximum absolute atomic E-state index is 4.82. The summed E-state index contributed by atoms with van der Waals surface area (Å²) in [5.74, 6) is 0. The van der Waals surface area contributed by atoms with Gasteiger partial charge in [-0.05, 0) is 84.2 Å². The predicted molar refractivity (Wildman–Crippen MR) is 186 cm³/mol. The van der Waals surface area contributed by atoms with E-state index >= 15 is 0 Å². The largest absolute Gasteiger partial charge is 0.248 e. The van der Waals surface area contributed by atoms with Gasteiger partial charge in [-0.2, -0.15) is 0 Å². The van der Waals surface area contributed by atoms with Gasteiger partial charge in [0.1, 0.15) is 0 Å². The first-order chi connectivity index (χ1) is 20.4. The van der Waals surface area contributed by atoms with Crippen LogP contribution in [0.3, 0.4) is 0 Å². The predicted octanol–water partition coefficient (Wildman–Crippen LogP) is 10.1. The van der Waals surface area contributed by atoms with E-state index in [0.717, 1.165) is 39.4 Å². The maximum atomic E-state index is 4.82. The zero-order valence-electron chi connectivity index (χ0n) is 25.9. The van der Waals surface area contributed by atoms with E-state index in [4.69, 9.17) is 4.98 Å². The van der Waals surface area contributed by atoms with Crippen molar-refractivity contribution in [1.29, 1.82) is 0 Å². The molecule has 0 aliphatic rings. The number of aromatic nitrogens is 1. The van der Waals surface area contributed by atoms with Crippen molar-refractivity contribution >= 4 is 12.7 Å². The summed E-state index contributed by atoms with van der Waals surface area (Å²) in [4.78, 5) is 4.82. The maximum Gasteiger partial charge on any atom is 0.0709 e. The molecule has 0 aliphatic carbocycles. The van der Waals surface area contributed by atoms with Crippen LogP contribution in [0.15, 0.2) is 127 Å². The Bertz CT molecular complexity index is 1570. The summed E-state index contributed by atoms with van der Waals surface area (Å²) in [5.41, 5.74) is 9.33. The number of pyridine rings is 1. The number of aryl methyl sites for hydroxylation is 2. The SMILES string of the molecule is C=C/C=C(\C)C(=C)/C=c1/ccc(-c2cccc(-c3cccc(CCCCCCc4ccccc4)c3)c2)nc1=C.CCC. The lowest BCUT2D eigenvalue weighted by Gasteiger charge is -2.08. The van der Waals surface area contributed by atoms with Crippen molar-refractivity contribution in [1.82, 2.24) is 4.98 Å². The van der Waals surface area contributed by atoms with Crippen LogP contribution in [0.5, 0.6) is 0 Å². The van der Waals surface area contributed by atoms with E-state index < -0.39 is 0 Å². The molecule has 216 valence electrons. The summed E-state index contributed by atoms with van der Waals surface area (Å²) in [6.45, 7) is 18.4. The Morgan fingerprint density at radius 3 is 1.98 bits per heavy atom. The lowest BCUT2D eigenvalue weighted by atomic mass is 9.97. The van der Waals surface area contributed by atoms with E-state index in [1.807, 2.05) is 19.1 Å². The van der Waals surface area contributed by atoms with E-state index in [2.05, 4.69) is 125 Å². The minimum Gasteiger partial charge on any atom is -0.248 e. The summed E-state index contributed by atoms with van der Waals surface area (Å²) in [5, 5.41) is 1.72. The summed E-state index contributed by atoms with van der Waals surface area (Å²) < 4.78 is 0. The molecule has 0 bridgehead atoms. The first-order valence-corrected chi connectivity index (χ1v) is 15.3. The minimum atomic E-state index is 0.747. The molecule has 3 aromatic carbocycles. The standard InChI is InChI=1S/C38H39N.C3H8/c1-5-15-29(2)30(3)26-34-24-25-38(39-31(34)4)37-23-14-22-36(28-37)35-21-13-20-33(27-35)19-10-7-6-9-16-32-17-11-8-12-18-32;1-3-2/h5,8,11-15,17-18,20-28H,1,3-4,6-7,9-10,16,19H2,2H3;3H2,1-2H3/b29-15+,34-26-;. The second kappa shape index (κ2) is 17.6. The summed E-state index contributed by atoms with van der Waals surface area (Å²) >= 11 is 0. The van der Waals surface area contributed by atoms with Crippen LogP contribution in [-0.4, -0.2) is 4.98 Å². The van der Waals surface area contributed by atoms with Gasteiger partial charge < -0.3 is 0 Å². The molecule has 0 spiro atoms. The smallest absolute Gasteiger partial charge is 0.0709 e. The van der Waals surface area contributed by atoms with E-state index in [-0.39, 0.29) is 0 Å². The molecule has 1 aromatic heterocycles. The van der Waals surface area contributed by atoms with Crippen molar-refractivity contribution < 1.29 is 0 Å². The van der Waals surface area contributed by atoms with Crippen molar-refractivity contribution in [3.05, 3.63) is 149 Å². The third kappa shape index (κ3) is 10.3. The number of benzene rings is 3. The zero-order chi connectivity index (χ0) is 30.2. The highest BCUT2D eigenvalue weighted by atomic mass is 14.7. The van der Waals surface area contributed by atoms with Gasteiger partial charge >= 0.3 is 0 Å². The quantitative estimate of drug-likeness (QED) is 0.126. The van der Waals surface area contributed by atoms with Crippen molar-refractivity contribution in [2.45, 2.75) is 65.7 Å². The Balaban J connectivity index is 0.00000155. The van der Waals surface area contributed by atoms with Crippen LogP contribution in [-0.2, 0) is 12.8 Å². The zero-order valence-corrected chi connectivity index (χ0v) is 25.9. The lowest BCUT2D eigenvalue weighted by molar-refractivity contribution is 0.640. The van der Waals surface area contributed by atoms with Gasteiger partial charge in [-0.3, -0.25) is 0 Å². The average Bonchev–Trinajstić information content (AvgIpc) is 3.01. The molecule has 0 saturated carbocycles. The monoisotopic (exact) mass is 553 g/mol. The van der Waals surface area contributed by atoms with Gasteiger partial charge in [0.15, 0.2) is 0 Å². The van der Waals surface area contributed by atoms with Crippen molar-refractivity contribution in [3.63, 3.8) is 0 Å². The Labute approximate surface area is 254 Å². The van der Waals surface area contributed by atoms with Crippen LogP contribution in [0.2, 0.25) is 0 Å². The Morgan fingerprint density at radius 2 is 1.31 bits per heavy atom. The Hall–Kier alpha value is -4.23. The number of nitrogens with zero attached hydrogens (tertiary/aromatic N) is 1. The molecule has 0 unspecified atom stereocenters. The third-order valence-corrected chi connectivity index (χ3v) is 7.16. The van der Waals surface area contributed by atoms with Crippen LogP contribution in [0.4, 0.5) is 0 Å². The fraction of sp³-hybridized carbons (Fsp3) is 0.244. The molecule has 0 radical (unpaired) electrons. The normalized spacial score (nSPS) is 11.5. The first-order valence-electron chi connectivity index (χ1n) is 15.3. The molecule has 1 heteroatoms. The molecule has 4 aromatic rings. The van der Waals surface area contributed by atoms with E-state index in [9.17, 15) is 0 Å². The molecule has 0 atom stereocenters. The van der Waals surface area contributed by atoms with Gasteiger partial charge in [0.25, 0.3) is 0 Å². The molecular weight excluding hydrogens is 506 g/mol. The summed E-state index contributed by atoms with van der Waals surface area (Å²) in [6, 6.07) is 32.5. The first kappa shape index (κ1) is 32.3. The Morgan fingerprint density at radius 1 is 0.714 bits per heavy atom. The second-order valence-corrected chi connectivity index (χ2v) is 10.9. The minimum absolute atomic E-state index is 0.747. The van der Waals surface area contributed by atoms with Crippen LogP contribution in [0.1, 0.15) is 64.0 Å². The van der Waals surface area contributed by atoms with E-state index in [0.29, 0.717) is 0 Å². The van der Waals surface area contributed by atoms with Gasteiger partial charge in [0.2, 0.25) is 0 Å². The van der Waals surface area contributed by atoms with Gasteiger partial charge in [0, 0.05) is 10.8 Å². The van der Waals surface area contributed by atoms with Crippen molar-refractivity contribution in [2.24, 2.45) is 0 Å². The molecule has 0 aliphatic heterocycles. The second-order valence-electron chi connectivity index (χ2n) is 10.9. The molecule has 1 nitrogen and oxygen atoms in total. The van der Waals surface area contributed by atoms with Crippen molar-refractivity contribution in [3.8, 4) is 22.4 Å². The van der Waals surface area contributed by atoms with Gasteiger partial charge in [-0.25, -0.2) is 4.98 Å². The average molecular weight is 554 g/mol. The molecule has 0 fully saturated rings. The molecule has 4 rings (SSSR count). The van der Waals surface area contributed by atoms with Gasteiger partial charge in [-0.15, -0.1) is 0 Å². The molecule has 0 amide bonds. The summed E-state index contributed by atoms with van der Waals surface area (Å²) in [6.07, 6.45) is 14.4. The molecule has 42 heavy (non-hydrogen) atoms. The van der Waals surface area contributed by atoms with Crippen LogP contribution >= 0.6 is 0 Å². The van der Waals surface area contributed by atoms with E-state index in [1.54, 1.807) is 6.08 Å². The van der Waals surface area contributed by atoms with Crippen LogP contribution in [0, 0.1) is 0 Å². The van der Waals surface area contributed by atoms with Crippen LogP contribution in [0.25, 0.3) is 35.0 Å². The van der Waals surface area contributed by atoms with Crippen LogP contribution < -0.4 is 10.6 Å². The topological polar surface area (TPSA) is 12.9 Å². The van der Waals surface area contributed by atoms with Gasteiger partial charge in [0.05, 0.1) is 11.0 Å². The number of unbranched alkanes of at least 4 members (excludes halogenated alkanes) is 3. The number of allylic oxidation sites excluding steroid dienone is 4. The van der Waals surface area contributed by atoms with Gasteiger partial charge in [-0.1, -0.05) is 144 Å². The molecule has 0 saturated heterocycles. The number of rotatable bonds is 12. The number of hydrogen-bond donors (Lipinski definition) is 0. The van der Waals surface area contributed by atoms with Crippen molar-refractivity contribution in [2.75, 3.05) is 0 Å². The highest BCUT2D eigenvalue weighted by Gasteiger charge is 2.05. The summed E-state index contributed by atoms with van der Waals surface area (Å²) in [7, 11) is 0. The lowest BCUT2D eigenvalue weighted by Crippen LogP contribution is -2.26. The fourth-order valence-corrected chi connectivity index (χ4v) is 4.81. The fourth-order valence-electron chi connectivity index (χ4n) is 4.81.